The summed E-state index contributed by atoms with van der Waals surface area (Å²) in [5.41, 5.74) is 1.14. The van der Waals surface area contributed by atoms with Gasteiger partial charge in [0.25, 0.3) is 5.91 Å². The molecule has 0 saturated heterocycles. The molecule has 0 spiro atoms. The third-order valence-electron chi connectivity index (χ3n) is 3.21. The number of esters is 1. The number of amides is 2. The van der Waals surface area contributed by atoms with Crippen molar-refractivity contribution in [1.29, 1.82) is 0 Å². The summed E-state index contributed by atoms with van der Waals surface area (Å²) in [6, 6.07) is 12.1. The second-order valence-electron chi connectivity index (χ2n) is 5.20. The summed E-state index contributed by atoms with van der Waals surface area (Å²) in [5.74, 6) is -1.84. The lowest BCUT2D eigenvalue weighted by atomic mass is 10.2. The van der Waals surface area contributed by atoms with Gasteiger partial charge in [-0.1, -0.05) is 18.2 Å². The lowest BCUT2D eigenvalue weighted by molar-refractivity contribution is -0.124. The molecule has 2 N–H and O–H groups in total. The van der Waals surface area contributed by atoms with E-state index >= 15 is 0 Å². The molecule has 7 heteroatoms. The Balaban J connectivity index is 1.80. The maximum Gasteiger partial charge on any atom is 0.338 e. The molecule has 0 fully saturated rings. The Morgan fingerprint density at radius 3 is 2.36 bits per heavy atom. The molecule has 0 aromatic heterocycles. The van der Waals surface area contributed by atoms with Crippen molar-refractivity contribution in [2.45, 2.75) is 13.5 Å². The van der Waals surface area contributed by atoms with E-state index in [2.05, 4.69) is 10.6 Å². The number of anilines is 1. The molecule has 2 amide bonds. The minimum absolute atomic E-state index is 0.00840. The molecule has 130 valence electrons. The summed E-state index contributed by atoms with van der Waals surface area (Å²) in [4.78, 5) is 34.5. The van der Waals surface area contributed by atoms with Gasteiger partial charge >= 0.3 is 5.97 Å². The molecule has 6 nitrogen and oxygen atoms in total. The number of hydrogen-bond acceptors (Lipinski definition) is 4. The van der Waals surface area contributed by atoms with Gasteiger partial charge in [-0.2, -0.15) is 0 Å². The third kappa shape index (κ3) is 5.72. The van der Waals surface area contributed by atoms with Gasteiger partial charge in [-0.15, -0.1) is 0 Å². The molecule has 0 atom stereocenters. The zero-order chi connectivity index (χ0) is 18.2. The fourth-order valence-electron chi connectivity index (χ4n) is 1.99. The largest absolute Gasteiger partial charge is 0.452 e. The molecule has 0 heterocycles. The number of halogens is 1. The first kappa shape index (κ1) is 18.1. The molecule has 2 rings (SSSR count). The number of ether oxygens (including phenoxy) is 1. The van der Waals surface area contributed by atoms with Crippen LogP contribution >= 0.6 is 0 Å². The number of benzene rings is 2. The van der Waals surface area contributed by atoms with E-state index in [9.17, 15) is 18.8 Å². The van der Waals surface area contributed by atoms with Gasteiger partial charge < -0.3 is 15.4 Å². The van der Waals surface area contributed by atoms with Crippen LogP contribution in [0.3, 0.4) is 0 Å². The monoisotopic (exact) mass is 344 g/mol. The highest BCUT2D eigenvalue weighted by Crippen LogP contribution is 2.10. The summed E-state index contributed by atoms with van der Waals surface area (Å²) in [5, 5.41) is 5.05. The second-order valence-corrected chi connectivity index (χ2v) is 5.20. The van der Waals surface area contributed by atoms with E-state index in [0.29, 0.717) is 11.3 Å². The Morgan fingerprint density at radius 2 is 1.72 bits per heavy atom. The van der Waals surface area contributed by atoms with Gasteiger partial charge in [-0.25, -0.2) is 9.18 Å². The van der Waals surface area contributed by atoms with Gasteiger partial charge in [-0.3, -0.25) is 9.59 Å². The SMILES string of the molecule is CC(=O)Nc1ccc(C(=O)OCC(=O)NCc2ccccc2F)cc1. The van der Waals surface area contributed by atoms with Crippen LogP contribution in [0.2, 0.25) is 0 Å². The Morgan fingerprint density at radius 1 is 1.04 bits per heavy atom. The van der Waals surface area contributed by atoms with E-state index < -0.39 is 24.3 Å². The highest BCUT2D eigenvalue weighted by atomic mass is 19.1. The smallest absolute Gasteiger partial charge is 0.338 e. The van der Waals surface area contributed by atoms with E-state index in [4.69, 9.17) is 4.74 Å². The van der Waals surface area contributed by atoms with Crippen molar-refractivity contribution in [2.24, 2.45) is 0 Å². The molecular formula is C18H17FN2O4. The Kier molecular flexibility index (Phi) is 6.22. The van der Waals surface area contributed by atoms with Gasteiger partial charge in [0.2, 0.25) is 5.91 Å². The molecule has 0 saturated carbocycles. The zero-order valence-electron chi connectivity index (χ0n) is 13.5. The van der Waals surface area contributed by atoms with Crippen molar-refractivity contribution < 1.29 is 23.5 Å². The minimum atomic E-state index is -0.671. The maximum atomic E-state index is 13.4. The maximum absolute atomic E-state index is 13.4. The normalized spacial score (nSPS) is 10.0. The predicted molar refractivity (Wildman–Crippen MR) is 89.3 cm³/mol. The van der Waals surface area contributed by atoms with Crippen LogP contribution in [0.25, 0.3) is 0 Å². The Labute approximate surface area is 144 Å². The summed E-state index contributed by atoms with van der Waals surface area (Å²) in [6.07, 6.45) is 0. The quantitative estimate of drug-likeness (QED) is 0.787. The number of carbonyl (C=O) groups excluding carboxylic acids is 3. The second kappa shape index (κ2) is 8.58. The zero-order valence-corrected chi connectivity index (χ0v) is 13.5. The molecular weight excluding hydrogens is 327 g/mol. The third-order valence-corrected chi connectivity index (χ3v) is 3.21. The summed E-state index contributed by atoms with van der Waals surface area (Å²) < 4.78 is 18.3. The van der Waals surface area contributed by atoms with Crippen LogP contribution in [0.4, 0.5) is 10.1 Å². The van der Waals surface area contributed by atoms with Crippen molar-refractivity contribution in [3.8, 4) is 0 Å². The fourth-order valence-corrected chi connectivity index (χ4v) is 1.99. The van der Waals surface area contributed by atoms with Crippen LogP contribution < -0.4 is 10.6 Å². The van der Waals surface area contributed by atoms with Crippen LogP contribution in [0.5, 0.6) is 0 Å². The summed E-state index contributed by atoms with van der Waals surface area (Å²) >= 11 is 0. The number of nitrogens with one attached hydrogen (secondary N) is 2. The van der Waals surface area contributed by atoms with Crippen LogP contribution in [-0.2, 0) is 20.9 Å². The first-order chi connectivity index (χ1) is 12.0. The van der Waals surface area contributed by atoms with E-state index in [1.165, 1.54) is 25.1 Å². The first-order valence-corrected chi connectivity index (χ1v) is 7.50. The Bertz CT molecular complexity index is 775. The molecule has 0 aliphatic heterocycles. The van der Waals surface area contributed by atoms with Gasteiger partial charge in [0.1, 0.15) is 5.82 Å². The lowest BCUT2D eigenvalue weighted by Crippen LogP contribution is -2.28. The minimum Gasteiger partial charge on any atom is -0.452 e. The fraction of sp³-hybridized carbons (Fsp3) is 0.167. The van der Waals surface area contributed by atoms with E-state index in [1.807, 2.05) is 0 Å². The lowest BCUT2D eigenvalue weighted by Gasteiger charge is -2.08. The van der Waals surface area contributed by atoms with E-state index in [0.717, 1.165) is 0 Å². The molecule has 0 unspecified atom stereocenters. The first-order valence-electron chi connectivity index (χ1n) is 7.50. The molecule has 0 aliphatic carbocycles. The van der Waals surface area contributed by atoms with Gasteiger partial charge in [0.15, 0.2) is 6.61 Å². The van der Waals surface area contributed by atoms with E-state index in [1.54, 1.807) is 30.3 Å². The average Bonchev–Trinajstić information content (AvgIpc) is 2.59. The topological polar surface area (TPSA) is 84.5 Å². The van der Waals surface area contributed by atoms with Gasteiger partial charge in [0.05, 0.1) is 5.56 Å². The van der Waals surface area contributed by atoms with Crippen molar-refractivity contribution in [3.63, 3.8) is 0 Å². The van der Waals surface area contributed by atoms with Crippen LogP contribution in [0.15, 0.2) is 48.5 Å². The molecule has 2 aromatic rings. The molecule has 0 bridgehead atoms. The van der Waals surface area contributed by atoms with Crippen LogP contribution in [0, 0.1) is 5.82 Å². The summed E-state index contributed by atoms with van der Waals surface area (Å²) in [7, 11) is 0. The molecule has 25 heavy (non-hydrogen) atoms. The van der Waals surface area contributed by atoms with Crippen molar-refractivity contribution in [2.75, 3.05) is 11.9 Å². The summed E-state index contributed by atoms with van der Waals surface area (Å²) in [6.45, 7) is 0.914. The average molecular weight is 344 g/mol. The van der Waals surface area contributed by atoms with Crippen molar-refractivity contribution in [1.82, 2.24) is 5.32 Å². The number of rotatable bonds is 6. The van der Waals surface area contributed by atoms with Gasteiger partial charge in [0, 0.05) is 24.7 Å². The van der Waals surface area contributed by atoms with Crippen LogP contribution in [-0.4, -0.2) is 24.4 Å². The van der Waals surface area contributed by atoms with Gasteiger partial charge in [-0.05, 0) is 30.3 Å². The Hall–Kier alpha value is -3.22. The standard InChI is InChI=1S/C18H17FN2O4/c1-12(22)21-15-8-6-13(7-9-15)18(24)25-11-17(23)20-10-14-4-2-3-5-16(14)19/h2-9H,10-11H2,1H3,(H,20,23)(H,21,22). The number of carbonyl (C=O) groups is 3. The highest BCUT2D eigenvalue weighted by molar-refractivity contribution is 5.93. The van der Waals surface area contributed by atoms with Crippen LogP contribution in [0.1, 0.15) is 22.8 Å². The predicted octanol–water partition coefficient (Wildman–Crippen LogP) is 2.26. The molecule has 2 aromatic carbocycles. The molecule has 0 radical (unpaired) electrons. The molecule has 0 aliphatic rings. The van der Waals surface area contributed by atoms with Crippen molar-refractivity contribution in [3.05, 3.63) is 65.5 Å². The van der Waals surface area contributed by atoms with E-state index in [-0.39, 0.29) is 18.0 Å². The highest BCUT2D eigenvalue weighted by Gasteiger charge is 2.11. The number of hydrogen-bond donors (Lipinski definition) is 2. The van der Waals surface area contributed by atoms with Crippen molar-refractivity contribution >= 4 is 23.5 Å².